The molecule has 0 unspecified atom stereocenters. The van der Waals surface area contributed by atoms with E-state index in [1.54, 1.807) is 11.8 Å². The predicted octanol–water partition coefficient (Wildman–Crippen LogP) is 0.908. The minimum absolute atomic E-state index is 0.135. The fourth-order valence-electron chi connectivity index (χ4n) is 1.79. The second-order valence-corrected chi connectivity index (χ2v) is 5.76. The lowest BCUT2D eigenvalue weighted by Gasteiger charge is -2.07. The SMILES string of the molecule is CCCn1c(CN)nnc1SCCC(=O)NC1CC1. The van der Waals surface area contributed by atoms with Crippen LogP contribution in [-0.4, -0.2) is 32.5 Å². The summed E-state index contributed by atoms with van der Waals surface area (Å²) in [5, 5.41) is 12.1. The Bertz CT molecular complexity index is 430. The summed E-state index contributed by atoms with van der Waals surface area (Å²) in [7, 11) is 0. The van der Waals surface area contributed by atoms with Gasteiger partial charge in [-0.2, -0.15) is 0 Å². The maximum atomic E-state index is 11.6. The molecule has 0 spiro atoms. The standard InChI is InChI=1S/C12H21N5OS/c1-2-6-17-10(8-13)15-16-12(17)19-7-5-11(18)14-9-3-4-9/h9H,2-8,13H2,1H3,(H,14,18). The molecule has 7 heteroatoms. The molecule has 0 aromatic carbocycles. The minimum atomic E-state index is 0.135. The first-order chi connectivity index (χ1) is 9.24. The second-order valence-electron chi connectivity index (χ2n) is 4.69. The van der Waals surface area contributed by atoms with E-state index in [-0.39, 0.29) is 5.91 Å². The van der Waals surface area contributed by atoms with Crippen LogP contribution in [0.3, 0.4) is 0 Å². The molecule has 0 atom stereocenters. The molecule has 1 amide bonds. The Morgan fingerprint density at radius 2 is 2.32 bits per heavy atom. The summed E-state index contributed by atoms with van der Waals surface area (Å²) in [5.74, 6) is 1.67. The van der Waals surface area contributed by atoms with Gasteiger partial charge in [0.1, 0.15) is 5.82 Å². The van der Waals surface area contributed by atoms with Crippen molar-refractivity contribution in [3.8, 4) is 0 Å². The number of hydrogen-bond donors (Lipinski definition) is 2. The molecule has 1 aromatic heterocycles. The number of nitrogens with one attached hydrogen (secondary N) is 1. The van der Waals surface area contributed by atoms with E-state index in [0.29, 0.717) is 19.0 Å². The van der Waals surface area contributed by atoms with E-state index in [4.69, 9.17) is 5.73 Å². The number of carbonyl (C=O) groups excluding carboxylic acids is 1. The summed E-state index contributed by atoms with van der Waals surface area (Å²) in [6.07, 6.45) is 3.80. The first-order valence-electron chi connectivity index (χ1n) is 6.79. The van der Waals surface area contributed by atoms with E-state index in [1.165, 1.54) is 0 Å². The highest BCUT2D eigenvalue weighted by atomic mass is 32.2. The minimum Gasteiger partial charge on any atom is -0.353 e. The summed E-state index contributed by atoms with van der Waals surface area (Å²) in [6.45, 7) is 3.38. The Balaban J connectivity index is 1.80. The van der Waals surface area contributed by atoms with Crippen LogP contribution in [0.2, 0.25) is 0 Å². The van der Waals surface area contributed by atoms with Gasteiger partial charge in [0.25, 0.3) is 0 Å². The topological polar surface area (TPSA) is 85.8 Å². The monoisotopic (exact) mass is 283 g/mol. The van der Waals surface area contributed by atoms with E-state index < -0.39 is 0 Å². The molecule has 1 heterocycles. The fraction of sp³-hybridized carbons (Fsp3) is 0.750. The van der Waals surface area contributed by atoms with Gasteiger partial charge in [0.05, 0.1) is 6.54 Å². The number of amides is 1. The van der Waals surface area contributed by atoms with Gasteiger partial charge >= 0.3 is 0 Å². The molecule has 19 heavy (non-hydrogen) atoms. The first-order valence-corrected chi connectivity index (χ1v) is 7.77. The number of nitrogens with zero attached hydrogens (tertiary/aromatic N) is 3. The van der Waals surface area contributed by atoms with Gasteiger partial charge in [-0.3, -0.25) is 4.79 Å². The largest absolute Gasteiger partial charge is 0.353 e. The molecule has 0 aliphatic heterocycles. The van der Waals surface area contributed by atoms with Gasteiger partial charge in [-0.05, 0) is 19.3 Å². The van der Waals surface area contributed by atoms with Gasteiger partial charge in [-0.25, -0.2) is 0 Å². The highest BCUT2D eigenvalue weighted by Gasteiger charge is 2.23. The van der Waals surface area contributed by atoms with Crippen LogP contribution in [0, 0.1) is 0 Å². The van der Waals surface area contributed by atoms with Crippen LogP contribution in [0.4, 0.5) is 0 Å². The van der Waals surface area contributed by atoms with Crippen LogP contribution in [-0.2, 0) is 17.9 Å². The lowest BCUT2D eigenvalue weighted by atomic mass is 10.4. The Morgan fingerprint density at radius 1 is 1.53 bits per heavy atom. The highest BCUT2D eigenvalue weighted by molar-refractivity contribution is 7.99. The van der Waals surface area contributed by atoms with Gasteiger partial charge in [0.15, 0.2) is 5.16 Å². The van der Waals surface area contributed by atoms with Crippen molar-refractivity contribution in [2.24, 2.45) is 5.73 Å². The highest BCUT2D eigenvalue weighted by Crippen LogP contribution is 2.20. The molecule has 1 aliphatic rings. The van der Waals surface area contributed by atoms with Gasteiger partial charge in [-0.15, -0.1) is 10.2 Å². The average Bonchev–Trinajstić information content (AvgIpc) is 3.12. The normalized spacial score (nSPS) is 14.6. The summed E-state index contributed by atoms with van der Waals surface area (Å²) >= 11 is 1.57. The molecule has 1 saturated carbocycles. The van der Waals surface area contributed by atoms with E-state index in [9.17, 15) is 4.79 Å². The third kappa shape index (κ3) is 4.21. The number of carbonyl (C=O) groups is 1. The predicted molar refractivity (Wildman–Crippen MR) is 74.7 cm³/mol. The third-order valence-electron chi connectivity index (χ3n) is 2.93. The number of hydrogen-bond acceptors (Lipinski definition) is 5. The Hall–Kier alpha value is -1.08. The van der Waals surface area contributed by atoms with Crippen molar-refractivity contribution in [1.29, 1.82) is 0 Å². The molecule has 6 nitrogen and oxygen atoms in total. The van der Waals surface area contributed by atoms with Crippen LogP contribution < -0.4 is 11.1 Å². The molecule has 0 bridgehead atoms. The van der Waals surface area contributed by atoms with Crippen molar-refractivity contribution in [3.63, 3.8) is 0 Å². The molecule has 1 aliphatic carbocycles. The van der Waals surface area contributed by atoms with Crippen molar-refractivity contribution in [2.75, 3.05) is 5.75 Å². The number of rotatable bonds is 8. The van der Waals surface area contributed by atoms with Crippen LogP contribution in [0.25, 0.3) is 0 Å². The molecule has 3 N–H and O–H groups in total. The van der Waals surface area contributed by atoms with Gasteiger partial charge in [0, 0.05) is 24.8 Å². The molecule has 1 aromatic rings. The smallest absolute Gasteiger partial charge is 0.221 e. The van der Waals surface area contributed by atoms with Gasteiger partial charge < -0.3 is 15.6 Å². The molecule has 2 rings (SSSR count). The van der Waals surface area contributed by atoms with Crippen molar-refractivity contribution in [1.82, 2.24) is 20.1 Å². The van der Waals surface area contributed by atoms with Crippen LogP contribution in [0.15, 0.2) is 5.16 Å². The summed E-state index contributed by atoms with van der Waals surface area (Å²) in [5.41, 5.74) is 5.64. The Morgan fingerprint density at radius 3 is 2.95 bits per heavy atom. The molecule has 0 saturated heterocycles. The maximum Gasteiger partial charge on any atom is 0.221 e. The third-order valence-corrected chi connectivity index (χ3v) is 3.89. The zero-order chi connectivity index (χ0) is 13.7. The zero-order valence-corrected chi connectivity index (χ0v) is 12.1. The lowest BCUT2D eigenvalue weighted by Crippen LogP contribution is -2.25. The van der Waals surface area contributed by atoms with Crippen molar-refractivity contribution < 1.29 is 4.79 Å². The molecule has 106 valence electrons. The molecule has 1 fully saturated rings. The zero-order valence-electron chi connectivity index (χ0n) is 11.3. The van der Waals surface area contributed by atoms with Crippen LogP contribution >= 0.6 is 11.8 Å². The number of aromatic nitrogens is 3. The summed E-state index contributed by atoms with van der Waals surface area (Å²) < 4.78 is 2.05. The van der Waals surface area contributed by atoms with E-state index in [1.807, 2.05) is 4.57 Å². The van der Waals surface area contributed by atoms with Gasteiger partial charge in [-0.1, -0.05) is 18.7 Å². The van der Waals surface area contributed by atoms with Gasteiger partial charge in [0.2, 0.25) is 5.91 Å². The fourth-order valence-corrected chi connectivity index (χ4v) is 2.71. The molecule has 0 radical (unpaired) electrons. The summed E-state index contributed by atoms with van der Waals surface area (Å²) in [6, 6.07) is 0.435. The van der Waals surface area contributed by atoms with Crippen molar-refractivity contribution in [2.45, 2.75) is 56.9 Å². The average molecular weight is 283 g/mol. The Labute approximate surface area is 117 Å². The van der Waals surface area contributed by atoms with E-state index in [0.717, 1.165) is 42.5 Å². The second kappa shape index (κ2) is 6.91. The Kier molecular flexibility index (Phi) is 5.21. The first kappa shape index (κ1) is 14.3. The molecular formula is C12H21N5OS. The number of thioether (sulfide) groups is 1. The molecular weight excluding hydrogens is 262 g/mol. The lowest BCUT2D eigenvalue weighted by molar-refractivity contribution is -0.120. The maximum absolute atomic E-state index is 11.6. The van der Waals surface area contributed by atoms with E-state index >= 15 is 0 Å². The van der Waals surface area contributed by atoms with E-state index in [2.05, 4.69) is 22.4 Å². The number of nitrogens with two attached hydrogens (primary N) is 1. The quantitative estimate of drug-likeness (QED) is 0.693. The van der Waals surface area contributed by atoms with Crippen LogP contribution in [0.1, 0.15) is 38.4 Å². The van der Waals surface area contributed by atoms with Crippen LogP contribution in [0.5, 0.6) is 0 Å². The van der Waals surface area contributed by atoms with Crippen molar-refractivity contribution in [3.05, 3.63) is 5.82 Å². The van der Waals surface area contributed by atoms with Crippen molar-refractivity contribution >= 4 is 17.7 Å². The summed E-state index contributed by atoms with van der Waals surface area (Å²) in [4.78, 5) is 11.6.